The number of ether oxygens (including phenoxy) is 1. The van der Waals surface area contributed by atoms with Crippen molar-refractivity contribution in [3.05, 3.63) is 12.2 Å². The molecule has 0 N–H and O–H groups in total. The molecule has 11 heavy (non-hydrogen) atoms. The molecule has 0 heterocycles. The molecule has 60 valence electrons. The molecule has 2 aliphatic rings. The van der Waals surface area contributed by atoms with Gasteiger partial charge in [0.15, 0.2) is 0 Å². The second-order valence-electron chi connectivity index (χ2n) is 3.57. The van der Waals surface area contributed by atoms with Gasteiger partial charge >= 0.3 is 5.97 Å². The van der Waals surface area contributed by atoms with Gasteiger partial charge < -0.3 is 4.74 Å². The van der Waals surface area contributed by atoms with Crippen LogP contribution in [0.15, 0.2) is 12.2 Å². The topological polar surface area (TPSA) is 26.3 Å². The van der Waals surface area contributed by atoms with Crippen LogP contribution in [0.1, 0.15) is 19.3 Å². The minimum atomic E-state index is -0.216. The van der Waals surface area contributed by atoms with Crippen LogP contribution in [0.5, 0.6) is 0 Å². The molecule has 0 aromatic carbocycles. The minimum Gasteiger partial charge on any atom is -0.466 e. The normalized spacial score (nSPS) is 38.5. The smallest absolute Gasteiger partial charge is 0.333 e. The lowest BCUT2D eigenvalue weighted by Gasteiger charge is -2.25. The summed E-state index contributed by atoms with van der Waals surface area (Å²) in [7, 11) is 1.42. The van der Waals surface area contributed by atoms with Gasteiger partial charge in [-0.1, -0.05) is 6.58 Å². The SMILES string of the molecule is C=C(C(=O)OC)C12CCC1C2. The fraction of sp³-hybridized carbons (Fsp3) is 0.667. The van der Waals surface area contributed by atoms with E-state index < -0.39 is 0 Å². The largest absolute Gasteiger partial charge is 0.466 e. The molecule has 0 aromatic rings. The van der Waals surface area contributed by atoms with E-state index in [1.807, 2.05) is 0 Å². The van der Waals surface area contributed by atoms with Gasteiger partial charge in [-0.25, -0.2) is 4.79 Å². The van der Waals surface area contributed by atoms with Gasteiger partial charge in [0.1, 0.15) is 0 Å². The highest BCUT2D eigenvalue weighted by molar-refractivity contribution is 5.90. The Balaban J connectivity index is 2.06. The van der Waals surface area contributed by atoms with Gasteiger partial charge in [-0.3, -0.25) is 0 Å². The summed E-state index contributed by atoms with van der Waals surface area (Å²) in [4.78, 5) is 11.1. The molecule has 2 nitrogen and oxygen atoms in total. The Morgan fingerprint density at radius 1 is 1.73 bits per heavy atom. The van der Waals surface area contributed by atoms with Gasteiger partial charge in [0.25, 0.3) is 0 Å². The highest BCUT2D eigenvalue weighted by atomic mass is 16.5. The van der Waals surface area contributed by atoms with Gasteiger partial charge in [-0.05, 0) is 25.2 Å². The van der Waals surface area contributed by atoms with Crippen LogP contribution in [0.3, 0.4) is 0 Å². The van der Waals surface area contributed by atoms with Crippen LogP contribution in [-0.4, -0.2) is 13.1 Å². The lowest BCUT2D eigenvalue weighted by atomic mass is 9.79. The molecule has 0 aromatic heterocycles. The van der Waals surface area contributed by atoms with Crippen LogP contribution >= 0.6 is 0 Å². The fourth-order valence-electron chi connectivity index (χ4n) is 2.13. The van der Waals surface area contributed by atoms with E-state index in [-0.39, 0.29) is 11.4 Å². The molecule has 0 radical (unpaired) electrons. The summed E-state index contributed by atoms with van der Waals surface area (Å²) in [5.41, 5.74) is 0.906. The van der Waals surface area contributed by atoms with Crippen LogP contribution < -0.4 is 0 Å². The predicted octanol–water partition coefficient (Wildman–Crippen LogP) is 1.52. The van der Waals surface area contributed by atoms with E-state index in [4.69, 9.17) is 0 Å². The lowest BCUT2D eigenvalue weighted by Crippen LogP contribution is -2.22. The Bertz CT molecular complexity index is 228. The van der Waals surface area contributed by atoms with Crippen molar-refractivity contribution in [3.8, 4) is 0 Å². The highest BCUT2D eigenvalue weighted by Crippen LogP contribution is 2.71. The van der Waals surface area contributed by atoms with Gasteiger partial charge in [0.05, 0.1) is 7.11 Å². The van der Waals surface area contributed by atoms with Crippen molar-refractivity contribution in [1.82, 2.24) is 0 Å². The Labute approximate surface area is 66.2 Å². The van der Waals surface area contributed by atoms with Crippen LogP contribution in [0.25, 0.3) is 0 Å². The Hall–Kier alpha value is -0.790. The maximum Gasteiger partial charge on any atom is 0.333 e. The number of fused-ring (bicyclic) bond motifs is 1. The second-order valence-corrected chi connectivity index (χ2v) is 3.57. The quantitative estimate of drug-likeness (QED) is 0.443. The molecular weight excluding hydrogens is 140 g/mol. The van der Waals surface area contributed by atoms with Gasteiger partial charge in [-0.15, -0.1) is 0 Å². The van der Waals surface area contributed by atoms with E-state index in [0.29, 0.717) is 5.57 Å². The summed E-state index contributed by atoms with van der Waals surface area (Å²) < 4.78 is 4.62. The average Bonchev–Trinajstić information content (AvgIpc) is 2.52. The Morgan fingerprint density at radius 2 is 2.45 bits per heavy atom. The molecule has 2 saturated carbocycles. The fourth-order valence-corrected chi connectivity index (χ4v) is 2.13. The van der Waals surface area contributed by atoms with E-state index in [1.165, 1.54) is 20.0 Å². The van der Waals surface area contributed by atoms with Gasteiger partial charge in [-0.2, -0.15) is 0 Å². The summed E-state index contributed by atoms with van der Waals surface area (Å²) in [6, 6.07) is 0. The maximum atomic E-state index is 11.1. The summed E-state index contributed by atoms with van der Waals surface area (Å²) in [6.07, 6.45) is 3.59. The number of hydrogen-bond donors (Lipinski definition) is 0. The molecule has 0 amide bonds. The predicted molar refractivity (Wildman–Crippen MR) is 40.9 cm³/mol. The van der Waals surface area contributed by atoms with E-state index in [9.17, 15) is 4.79 Å². The van der Waals surface area contributed by atoms with E-state index in [0.717, 1.165) is 12.3 Å². The molecule has 0 aliphatic heterocycles. The van der Waals surface area contributed by atoms with Crippen molar-refractivity contribution in [2.45, 2.75) is 19.3 Å². The van der Waals surface area contributed by atoms with E-state index >= 15 is 0 Å². The van der Waals surface area contributed by atoms with Crippen LogP contribution in [-0.2, 0) is 9.53 Å². The number of methoxy groups -OCH3 is 1. The highest BCUT2D eigenvalue weighted by Gasteiger charge is 2.63. The van der Waals surface area contributed by atoms with Crippen molar-refractivity contribution in [2.75, 3.05) is 7.11 Å². The number of rotatable bonds is 2. The third-order valence-corrected chi connectivity index (χ3v) is 3.20. The Morgan fingerprint density at radius 3 is 2.73 bits per heavy atom. The number of carbonyl (C=O) groups excluding carboxylic acids is 1. The molecule has 0 bridgehead atoms. The molecular formula is C9H12O2. The summed E-state index contributed by atoms with van der Waals surface area (Å²) in [5.74, 6) is 0.543. The van der Waals surface area contributed by atoms with Crippen LogP contribution in [0.4, 0.5) is 0 Å². The zero-order chi connectivity index (χ0) is 8.06. The standard InChI is InChI=1S/C9H12O2/c1-6(8(10)11-2)9-4-3-7(9)5-9/h7H,1,3-5H2,2H3. The summed E-state index contributed by atoms with van der Waals surface area (Å²) >= 11 is 0. The van der Waals surface area contributed by atoms with Crippen molar-refractivity contribution in [1.29, 1.82) is 0 Å². The molecule has 2 atom stereocenters. The van der Waals surface area contributed by atoms with Gasteiger partial charge in [0, 0.05) is 11.0 Å². The van der Waals surface area contributed by atoms with Crippen LogP contribution in [0, 0.1) is 11.3 Å². The van der Waals surface area contributed by atoms with Crippen molar-refractivity contribution in [3.63, 3.8) is 0 Å². The maximum absolute atomic E-state index is 11.1. The first-order chi connectivity index (χ1) is 5.20. The van der Waals surface area contributed by atoms with Crippen molar-refractivity contribution in [2.24, 2.45) is 11.3 Å². The van der Waals surface area contributed by atoms with Crippen molar-refractivity contribution >= 4 is 5.97 Å². The zero-order valence-electron chi connectivity index (χ0n) is 6.72. The first kappa shape index (κ1) is 6.89. The molecule has 2 fully saturated rings. The third-order valence-electron chi connectivity index (χ3n) is 3.20. The molecule has 0 spiro atoms. The van der Waals surface area contributed by atoms with Crippen LogP contribution in [0.2, 0.25) is 0 Å². The monoisotopic (exact) mass is 152 g/mol. The first-order valence-corrected chi connectivity index (χ1v) is 3.98. The van der Waals surface area contributed by atoms with E-state index in [2.05, 4.69) is 11.3 Å². The minimum absolute atomic E-state index is 0.201. The number of esters is 1. The molecule has 2 rings (SSSR count). The Kier molecular flexibility index (Phi) is 1.17. The zero-order valence-corrected chi connectivity index (χ0v) is 6.72. The third kappa shape index (κ3) is 0.697. The molecule has 2 unspecified atom stereocenters. The lowest BCUT2D eigenvalue weighted by molar-refractivity contribution is -0.137. The first-order valence-electron chi connectivity index (χ1n) is 3.98. The molecule has 2 heteroatoms. The molecule has 2 aliphatic carbocycles. The summed E-state index contributed by atoms with van der Waals surface area (Å²) in [5, 5.41) is 0. The molecule has 0 saturated heterocycles. The second kappa shape index (κ2) is 1.87. The number of carbonyl (C=O) groups is 1. The van der Waals surface area contributed by atoms with Gasteiger partial charge in [0.2, 0.25) is 0 Å². The number of hydrogen-bond acceptors (Lipinski definition) is 2. The van der Waals surface area contributed by atoms with E-state index in [1.54, 1.807) is 0 Å². The van der Waals surface area contributed by atoms with Crippen molar-refractivity contribution < 1.29 is 9.53 Å². The summed E-state index contributed by atoms with van der Waals surface area (Å²) in [6.45, 7) is 3.79. The average molecular weight is 152 g/mol.